The van der Waals surface area contributed by atoms with E-state index in [1.54, 1.807) is 0 Å². The number of nitrogens with zero attached hydrogens (tertiary/aromatic N) is 4. The molecule has 4 heteroatoms. The van der Waals surface area contributed by atoms with Crippen LogP contribution in [-0.4, -0.2) is 20.7 Å². The molecule has 2 atom stereocenters. The summed E-state index contributed by atoms with van der Waals surface area (Å²) in [5, 5.41) is 12.3. The van der Waals surface area contributed by atoms with Crippen LogP contribution in [0.1, 0.15) is 36.1 Å². The average molecular weight is 895 g/mol. The van der Waals surface area contributed by atoms with Crippen LogP contribution in [0.2, 0.25) is 0 Å². The summed E-state index contributed by atoms with van der Waals surface area (Å²) in [6.07, 6.45) is 0.901. The van der Waals surface area contributed by atoms with Crippen LogP contribution in [0, 0.1) is 5.92 Å². The molecule has 70 heavy (non-hydrogen) atoms. The SMILES string of the molecule is CCC1C(c2cccc3cc(-n4c5ccccc5c5cc6c7c8ccccc8ccc7n(-c7ccc8ccccc8c7)c6cc54)ccc23)=NC(c2ccc(-c3ccccc3)cc2)=NC1c1ccccc1. The van der Waals surface area contributed by atoms with Gasteiger partial charge in [-0.05, 0) is 104 Å². The Balaban J connectivity index is 0.954. The fraction of sp³-hybridized carbons (Fsp3) is 0.0606. The van der Waals surface area contributed by atoms with Crippen LogP contribution < -0.4 is 0 Å². The minimum atomic E-state index is -0.0744. The summed E-state index contributed by atoms with van der Waals surface area (Å²) < 4.78 is 4.95. The Morgan fingerprint density at radius 3 is 1.81 bits per heavy atom. The highest BCUT2D eigenvalue weighted by molar-refractivity contribution is 6.26. The van der Waals surface area contributed by atoms with Crippen molar-refractivity contribution in [2.24, 2.45) is 15.9 Å². The van der Waals surface area contributed by atoms with Gasteiger partial charge in [0, 0.05) is 50.0 Å². The summed E-state index contributed by atoms with van der Waals surface area (Å²) in [6, 6.07) is 86.4. The summed E-state index contributed by atoms with van der Waals surface area (Å²) >= 11 is 0. The summed E-state index contributed by atoms with van der Waals surface area (Å²) in [4.78, 5) is 11.0. The van der Waals surface area contributed by atoms with Crippen LogP contribution in [-0.2, 0) is 0 Å². The zero-order valence-electron chi connectivity index (χ0n) is 38.7. The Morgan fingerprint density at radius 1 is 0.386 bits per heavy atom. The van der Waals surface area contributed by atoms with Gasteiger partial charge in [0.15, 0.2) is 5.84 Å². The van der Waals surface area contributed by atoms with Crippen molar-refractivity contribution in [2.75, 3.05) is 0 Å². The summed E-state index contributed by atoms with van der Waals surface area (Å²) in [5.74, 6) is 0.860. The molecule has 0 radical (unpaired) electrons. The first-order valence-electron chi connectivity index (χ1n) is 24.5. The smallest absolute Gasteiger partial charge is 0.155 e. The molecule has 14 rings (SSSR count). The molecule has 2 unspecified atom stereocenters. The zero-order valence-corrected chi connectivity index (χ0v) is 38.7. The zero-order chi connectivity index (χ0) is 46.3. The molecule has 1 aliphatic heterocycles. The van der Waals surface area contributed by atoms with Crippen LogP contribution in [0.4, 0.5) is 0 Å². The van der Waals surface area contributed by atoms with E-state index in [0.717, 1.165) is 40.5 Å². The third-order valence-electron chi connectivity index (χ3n) is 14.9. The minimum Gasteiger partial charge on any atom is -0.309 e. The number of hydrogen-bond acceptors (Lipinski definition) is 2. The molecule has 0 spiro atoms. The maximum absolute atomic E-state index is 5.53. The summed E-state index contributed by atoms with van der Waals surface area (Å²) in [5.41, 5.74) is 13.8. The lowest BCUT2D eigenvalue weighted by Gasteiger charge is -2.30. The van der Waals surface area contributed by atoms with E-state index in [1.165, 1.54) is 92.6 Å². The fourth-order valence-corrected chi connectivity index (χ4v) is 11.6. The highest BCUT2D eigenvalue weighted by Crippen LogP contribution is 2.43. The summed E-state index contributed by atoms with van der Waals surface area (Å²) in [6.45, 7) is 2.27. The molecular formula is C66H46N4. The monoisotopic (exact) mass is 894 g/mol. The predicted octanol–water partition coefficient (Wildman–Crippen LogP) is 17.0. The van der Waals surface area contributed by atoms with Crippen LogP contribution in [0.15, 0.2) is 247 Å². The molecule has 0 N–H and O–H groups in total. The van der Waals surface area contributed by atoms with Gasteiger partial charge in [0.05, 0.1) is 33.8 Å². The van der Waals surface area contributed by atoms with Crippen molar-refractivity contribution in [3.8, 4) is 22.5 Å². The number of rotatable bonds is 7. The fourth-order valence-electron chi connectivity index (χ4n) is 11.6. The van der Waals surface area contributed by atoms with E-state index < -0.39 is 0 Å². The quantitative estimate of drug-likeness (QED) is 0.153. The van der Waals surface area contributed by atoms with Gasteiger partial charge in [-0.3, -0.25) is 4.99 Å². The molecule has 0 saturated heterocycles. The Hall–Kier alpha value is -8.86. The van der Waals surface area contributed by atoms with Gasteiger partial charge in [0.25, 0.3) is 0 Å². The van der Waals surface area contributed by atoms with E-state index in [1.807, 2.05) is 0 Å². The van der Waals surface area contributed by atoms with Crippen LogP contribution in [0.25, 0.3) is 98.4 Å². The first-order valence-corrected chi connectivity index (χ1v) is 24.5. The molecule has 330 valence electrons. The Labute approximate surface area is 405 Å². The van der Waals surface area contributed by atoms with Gasteiger partial charge >= 0.3 is 0 Å². The second kappa shape index (κ2) is 16.1. The molecule has 0 fully saturated rings. The van der Waals surface area contributed by atoms with E-state index in [2.05, 4.69) is 253 Å². The Kier molecular flexibility index (Phi) is 9.28. The third kappa shape index (κ3) is 6.37. The van der Waals surface area contributed by atoms with Gasteiger partial charge in [-0.2, -0.15) is 0 Å². The third-order valence-corrected chi connectivity index (χ3v) is 14.9. The number of hydrogen-bond donors (Lipinski definition) is 0. The molecular weight excluding hydrogens is 849 g/mol. The number of amidine groups is 1. The molecule has 0 saturated carbocycles. The topological polar surface area (TPSA) is 34.6 Å². The predicted molar refractivity (Wildman–Crippen MR) is 296 cm³/mol. The molecule has 4 nitrogen and oxygen atoms in total. The van der Waals surface area contributed by atoms with Gasteiger partial charge in [-0.25, -0.2) is 4.99 Å². The maximum atomic E-state index is 5.53. The number of benzene rings is 11. The molecule has 1 aliphatic rings. The van der Waals surface area contributed by atoms with Crippen LogP contribution in [0.5, 0.6) is 0 Å². The Bertz CT molecular complexity index is 4270. The van der Waals surface area contributed by atoms with Crippen molar-refractivity contribution in [2.45, 2.75) is 19.4 Å². The van der Waals surface area contributed by atoms with Gasteiger partial charge in [0.2, 0.25) is 0 Å². The van der Waals surface area contributed by atoms with Crippen molar-refractivity contribution in [3.63, 3.8) is 0 Å². The van der Waals surface area contributed by atoms with E-state index in [9.17, 15) is 0 Å². The van der Waals surface area contributed by atoms with Gasteiger partial charge < -0.3 is 9.13 Å². The van der Waals surface area contributed by atoms with E-state index in [4.69, 9.17) is 9.98 Å². The lowest BCUT2D eigenvalue weighted by Crippen LogP contribution is -2.28. The highest BCUT2D eigenvalue weighted by Gasteiger charge is 2.32. The summed E-state index contributed by atoms with van der Waals surface area (Å²) in [7, 11) is 0. The van der Waals surface area contributed by atoms with Crippen molar-refractivity contribution < 1.29 is 0 Å². The van der Waals surface area contributed by atoms with Gasteiger partial charge in [0.1, 0.15) is 0 Å². The van der Waals surface area contributed by atoms with Gasteiger partial charge in [-0.15, -0.1) is 0 Å². The van der Waals surface area contributed by atoms with E-state index in [0.29, 0.717) is 0 Å². The molecule has 0 amide bonds. The molecule has 0 aliphatic carbocycles. The largest absolute Gasteiger partial charge is 0.309 e. The second-order valence-corrected chi connectivity index (χ2v) is 18.8. The van der Waals surface area contributed by atoms with E-state index in [-0.39, 0.29) is 12.0 Å². The van der Waals surface area contributed by atoms with Crippen molar-refractivity contribution >= 4 is 87.5 Å². The number of para-hydroxylation sites is 1. The molecule has 3 heterocycles. The number of fused-ring (bicyclic) bond motifs is 10. The van der Waals surface area contributed by atoms with Gasteiger partial charge in [-0.1, -0.05) is 195 Å². The van der Waals surface area contributed by atoms with E-state index >= 15 is 0 Å². The highest BCUT2D eigenvalue weighted by atomic mass is 15.0. The standard InChI is InChI=1S/C66H46N4/c1-2-52-64(46-20-7-4-8-21-46)67-66(47-30-28-44(29-31-47)42-16-5-3-6-17-42)68-65(52)56-26-15-23-49-39-51(35-36-53(49)56)69-59-27-14-13-25-55(59)57-40-58-62(41-61(57)69)70(50-34-32-43-18-9-10-22-48(43)38-50)60-37-33-45-19-11-12-24-54(45)63(58)60/h3-41,52,64H,2H2,1H3. The normalized spacial score (nSPS) is 15.2. The molecule has 13 aromatic rings. The molecule has 2 aromatic heterocycles. The molecule has 11 aromatic carbocycles. The lowest BCUT2D eigenvalue weighted by atomic mass is 9.82. The van der Waals surface area contributed by atoms with Crippen molar-refractivity contribution in [1.82, 2.24) is 9.13 Å². The second-order valence-electron chi connectivity index (χ2n) is 18.8. The first-order chi connectivity index (χ1) is 34.7. The number of aromatic nitrogens is 2. The minimum absolute atomic E-state index is 0.0744. The maximum Gasteiger partial charge on any atom is 0.155 e. The number of aliphatic imine (C=N–C) groups is 2. The van der Waals surface area contributed by atoms with Crippen molar-refractivity contribution in [3.05, 3.63) is 253 Å². The van der Waals surface area contributed by atoms with Crippen LogP contribution >= 0.6 is 0 Å². The first kappa shape index (κ1) is 40.2. The molecule has 0 bridgehead atoms. The Morgan fingerprint density at radius 2 is 1.00 bits per heavy atom. The van der Waals surface area contributed by atoms with Crippen molar-refractivity contribution in [1.29, 1.82) is 0 Å². The van der Waals surface area contributed by atoms with Crippen LogP contribution in [0.3, 0.4) is 0 Å². The lowest BCUT2D eigenvalue weighted by molar-refractivity contribution is 0.533. The average Bonchev–Trinajstić information content (AvgIpc) is 3.94.